The third-order valence-electron chi connectivity index (χ3n) is 3.73. The maximum absolute atomic E-state index is 2.76. The van der Waals surface area contributed by atoms with Crippen molar-refractivity contribution in [3.05, 3.63) is 66.7 Å². The number of fused-ring (bicyclic) bond motifs is 4. The fourth-order valence-electron chi connectivity index (χ4n) is 2.77. The van der Waals surface area contributed by atoms with E-state index in [1.807, 2.05) is 0 Å². The van der Waals surface area contributed by atoms with Gasteiger partial charge in [-0.05, 0) is 55.8 Å². The van der Waals surface area contributed by atoms with Gasteiger partial charge in [-0.25, -0.2) is 0 Å². The van der Waals surface area contributed by atoms with Crippen LogP contribution in [0.5, 0.6) is 0 Å². The molecule has 0 heterocycles. The molecule has 98 valence electrons. The summed E-state index contributed by atoms with van der Waals surface area (Å²) >= 11 is 0. The van der Waals surface area contributed by atoms with E-state index in [1.165, 1.54) is 37.6 Å². The van der Waals surface area contributed by atoms with E-state index in [0.717, 1.165) is 0 Å². The van der Waals surface area contributed by atoms with E-state index in [0.29, 0.717) is 0 Å². The monoisotopic (exact) mass is 296 g/mol. The molecular formula is C18H14ClP. The number of hydrogen-bond donors (Lipinski definition) is 0. The molecular weight excluding hydrogens is 283 g/mol. The molecule has 0 aromatic heterocycles. The third-order valence-corrected chi connectivity index (χ3v) is 4.09. The van der Waals surface area contributed by atoms with Crippen LogP contribution in [0.4, 0.5) is 0 Å². The number of hydrogen-bond acceptors (Lipinski definition) is 0. The van der Waals surface area contributed by atoms with Crippen LogP contribution < -0.4 is 5.30 Å². The molecule has 4 aromatic carbocycles. The number of halogens is 1. The first-order valence-corrected chi connectivity index (χ1v) is 7.00. The zero-order valence-corrected chi connectivity index (χ0v) is 12.8. The summed E-state index contributed by atoms with van der Waals surface area (Å²) in [5.41, 5.74) is 0. The first kappa shape index (κ1) is 13.4. The molecule has 20 heavy (non-hydrogen) atoms. The Balaban J connectivity index is 0.00000121. The molecule has 0 aliphatic carbocycles. The van der Waals surface area contributed by atoms with Crippen LogP contribution in [0.25, 0.3) is 32.3 Å². The second-order valence-electron chi connectivity index (χ2n) is 4.97. The van der Waals surface area contributed by atoms with Gasteiger partial charge in [0.2, 0.25) is 0 Å². The summed E-state index contributed by atoms with van der Waals surface area (Å²) in [7, 11) is 2.76. The first-order chi connectivity index (χ1) is 9.31. The van der Waals surface area contributed by atoms with Crippen LogP contribution in [-0.4, -0.2) is 0 Å². The molecule has 2 heteroatoms. The SMILES string of the molecule is Cl.Pc1ccc2c(ccc3cc4ccccc4cc32)c1. The Morgan fingerprint density at radius 1 is 0.550 bits per heavy atom. The molecule has 0 saturated heterocycles. The number of rotatable bonds is 0. The van der Waals surface area contributed by atoms with E-state index < -0.39 is 0 Å². The molecule has 0 saturated carbocycles. The lowest BCUT2D eigenvalue weighted by Crippen LogP contribution is -1.88. The van der Waals surface area contributed by atoms with Gasteiger partial charge in [0.25, 0.3) is 0 Å². The Bertz CT molecular complexity index is 928. The van der Waals surface area contributed by atoms with Crippen LogP contribution in [0.1, 0.15) is 0 Å². The summed E-state index contributed by atoms with van der Waals surface area (Å²) in [5, 5.41) is 9.11. The zero-order chi connectivity index (χ0) is 12.8. The van der Waals surface area contributed by atoms with Gasteiger partial charge in [-0.3, -0.25) is 0 Å². The normalized spacial score (nSPS) is 10.8. The molecule has 0 fully saturated rings. The van der Waals surface area contributed by atoms with Crippen LogP contribution in [0, 0.1) is 0 Å². The van der Waals surface area contributed by atoms with Gasteiger partial charge in [-0.1, -0.05) is 48.5 Å². The predicted molar refractivity (Wildman–Crippen MR) is 95.6 cm³/mol. The van der Waals surface area contributed by atoms with Gasteiger partial charge in [-0.15, -0.1) is 21.6 Å². The lowest BCUT2D eigenvalue weighted by atomic mass is 9.98. The van der Waals surface area contributed by atoms with Crippen molar-refractivity contribution < 1.29 is 0 Å². The Morgan fingerprint density at radius 2 is 1.20 bits per heavy atom. The fourth-order valence-corrected chi connectivity index (χ4v) is 3.05. The van der Waals surface area contributed by atoms with Gasteiger partial charge in [0.15, 0.2) is 0 Å². The molecule has 0 nitrogen and oxygen atoms in total. The molecule has 0 N–H and O–H groups in total. The van der Waals surface area contributed by atoms with Gasteiger partial charge >= 0.3 is 0 Å². The van der Waals surface area contributed by atoms with Crippen molar-refractivity contribution in [2.24, 2.45) is 0 Å². The molecule has 0 aliphatic heterocycles. The minimum absolute atomic E-state index is 0. The van der Waals surface area contributed by atoms with Crippen molar-refractivity contribution in [3.8, 4) is 0 Å². The molecule has 1 unspecified atom stereocenters. The highest BCUT2D eigenvalue weighted by Crippen LogP contribution is 2.29. The summed E-state index contributed by atoms with van der Waals surface area (Å²) in [6.45, 7) is 0. The Hall–Kier alpha value is -1.62. The van der Waals surface area contributed by atoms with Crippen molar-refractivity contribution in [1.82, 2.24) is 0 Å². The molecule has 4 aromatic rings. The Morgan fingerprint density at radius 3 is 1.95 bits per heavy atom. The highest BCUT2D eigenvalue weighted by Gasteiger charge is 2.02. The first-order valence-electron chi connectivity index (χ1n) is 6.42. The smallest absolute Gasteiger partial charge is 0.00990 e. The largest absolute Gasteiger partial charge is 0.147 e. The van der Waals surface area contributed by atoms with Gasteiger partial charge in [0.05, 0.1) is 0 Å². The van der Waals surface area contributed by atoms with E-state index in [2.05, 4.69) is 76.0 Å². The van der Waals surface area contributed by atoms with E-state index in [-0.39, 0.29) is 12.4 Å². The Kier molecular flexibility index (Phi) is 3.38. The van der Waals surface area contributed by atoms with Crippen molar-refractivity contribution >= 4 is 59.3 Å². The third kappa shape index (κ3) is 2.06. The molecule has 0 radical (unpaired) electrons. The summed E-state index contributed by atoms with van der Waals surface area (Å²) < 4.78 is 0. The quantitative estimate of drug-likeness (QED) is 0.241. The lowest BCUT2D eigenvalue weighted by Gasteiger charge is -2.07. The van der Waals surface area contributed by atoms with E-state index >= 15 is 0 Å². The molecule has 1 atom stereocenters. The highest BCUT2D eigenvalue weighted by atomic mass is 35.5. The standard InChI is InChI=1S/C18H13P.ClH/c19-16-7-8-17-15(10-16)6-5-14-9-12-3-1-2-4-13(12)11-18(14)17;/h1-11H,19H2;1H. The molecule has 0 aliphatic rings. The second-order valence-corrected chi connectivity index (χ2v) is 5.63. The van der Waals surface area contributed by atoms with Crippen molar-refractivity contribution in [1.29, 1.82) is 0 Å². The average molecular weight is 297 g/mol. The van der Waals surface area contributed by atoms with Crippen molar-refractivity contribution in [2.45, 2.75) is 0 Å². The topological polar surface area (TPSA) is 0 Å². The van der Waals surface area contributed by atoms with Gasteiger partial charge < -0.3 is 0 Å². The minimum atomic E-state index is 0. The summed E-state index contributed by atoms with van der Waals surface area (Å²) in [5.74, 6) is 0. The van der Waals surface area contributed by atoms with Crippen LogP contribution in [-0.2, 0) is 0 Å². The fraction of sp³-hybridized carbons (Fsp3) is 0. The molecule has 4 rings (SSSR count). The molecule has 0 spiro atoms. The van der Waals surface area contributed by atoms with E-state index in [4.69, 9.17) is 0 Å². The van der Waals surface area contributed by atoms with Gasteiger partial charge in [0, 0.05) is 0 Å². The maximum atomic E-state index is 2.76. The molecule has 0 bridgehead atoms. The molecule has 0 amide bonds. The van der Waals surface area contributed by atoms with E-state index in [1.54, 1.807) is 0 Å². The van der Waals surface area contributed by atoms with Crippen LogP contribution in [0.3, 0.4) is 0 Å². The van der Waals surface area contributed by atoms with Gasteiger partial charge in [-0.2, -0.15) is 0 Å². The maximum Gasteiger partial charge on any atom is -0.00990 e. The summed E-state index contributed by atoms with van der Waals surface area (Å²) in [6.07, 6.45) is 0. The summed E-state index contributed by atoms with van der Waals surface area (Å²) in [6, 6.07) is 24.1. The van der Waals surface area contributed by atoms with Crippen LogP contribution in [0.15, 0.2) is 66.7 Å². The Labute approximate surface area is 126 Å². The summed E-state index contributed by atoms with van der Waals surface area (Å²) in [4.78, 5) is 0. The zero-order valence-electron chi connectivity index (χ0n) is 10.8. The van der Waals surface area contributed by atoms with E-state index in [9.17, 15) is 0 Å². The lowest BCUT2D eigenvalue weighted by molar-refractivity contribution is 1.79. The van der Waals surface area contributed by atoms with Crippen LogP contribution >= 0.6 is 21.6 Å². The minimum Gasteiger partial charge on any atom is -0.147 e. The van der Waals surface area contributed by atoms with Crippen molar-refractivity contribution in [2.75, 3.05) is 0 Å². The highest BCUT2D eigenvalue weighted by molar-refractivity contribution is 7.27. The predicted octanol–water partition coefficient (Wildman–Crippen LogP) is 5.07. The number of benzene rings is 4. The van der Waals surface area contributed by atoms with Crippen LogP contribution in [0.2, 0.25) is 0 Å². The van der Waals surface area contributed by atoms with Gasteiger partial charge in [0.1, 0.15) is 0 Å². The second kappa shape index (κ2) is 5.05. The average Bonchev–Trinajstić information content (AvgIpc) is 2.44. The van der Waals surface area contributed by atoms with Crippen molar-refractivity contribution in [3.63, 3.8) is 0 Å².